The van der Waals surface area contributed by atoms with Crippen LogP contribution in [0.2, 0.25) is 0 Å². The van der Waals surface area contributed by atoms with Gasteiger partial charge >= 0.3 is 0 Å². The lowest BCUT2D eigenvalue weighted by Crippen LogP contribution is -1.86. The van der Waals surface area contributed by atoms with Crippen LogP contribution in [0.15, 0.2) is 30.6 Å². The molecule has 0 aliphatic carbocycles. The molecule has 2 heterocycles. The molecule has 3 aromatic rings. The van der Waals surface area contributed by atoms with Gasteiger partial charge in [-0.1, -0.05) is 11.3 Å². The quantitative estimate of drug-likeness (QED) is 0.658. The van der Waals surface area contributed by atoms with E-state index in [-0.39, 0.29) is 0 Å². The summed E-state index contributed by atoms with van der Waals surface area (Å²) in [6, 6.07) is 6.34. The van der Waals surface area contributed by atoms with Gasteiger partial charge in [-0.15, -0.1) is 0 Å². The second kappa shape index (κ2) is 2.72. The van der Waals surface area contributed by atoms with Crippen LogP contribution in [-0.4, -0.2) is 16.4 Å². The van der Waals surface area contributed by atoms with E-state index < -0.39 is 0 Å². The smallest absolute Gasteiger partial charge is 0.194 e. The van der Waals surface area contributed by atoms with E-state index in [4.69, 9.17) is 0 Å². The Balaban J connectivity index is 2.43. The highest BCUT2D eigenvalue weighted by Crippen LogP contribution is 2.27. The van der Waals surface area contributed by atoms with Gasteiger partial charge in [0.2, 0.25) is 0 Å². The fourth-order valence-corrected chi connectivity index (χ4v) is 2.62. The molecule has 1 N–H and O–H groups in total. The van der Waals surface area contributed by atoms with Crippen molar-refractivity contribution in [1.82, 2.24) is 9.38 Å². The average molecular weight is 203 g/mol. The SMILES string of the molecule is CNc1ccc2c(c1)sc1nccn12. The molecule has 2 aromatic heterocycles. The Morgan fingerprint density at radius 3 is 3.21 bits per heavy atom. The zero-order valence-corrected chi connectivity index (χ0v) is 8.51. The van der Waals surface area contributed by atoms with Crippen LogP contribution in [-0.2, 0) is 0 Å². The van der Waals surface area contributed by atoms with Crippen LogP contribution < -0.4 is 5.32 Å². The van der Waals surface area contributed by atoms with E-state index in [1.165, 1.54) is 10.2 Å². The normalized spacial score (nSPS) is 11.2. The number of aromatic nitrogens is 2. The van der Waals surface area contributed by atoms with Crippen molar-refractivity contribution in [3.8, 4) is 0 Å². The Bertz CT molecular complexity index is 593. The fraction of sp³-hybridized carbons (Fsp3) is 0.100. The summed E-state index contributed by atoms with van der Waals surface area (Å²) in [7, 11) is 1.93. The summed E-state index contributed by atoms with van der Waals surface area (Å²) in [6.07, 6.45) is 3.82. The molecule has 0 fully saturated rings. The van der Waals surface area contributed by atoms with Gasteiger partial charge in [0, 0.05) is 25.1 Å². The standard InChI is InChI=1S/C10H9N3S/c1-11-7-2-3-8-9(6-7)14-10-12-4-5-13(8)10/h2-6,11H,1H3. The molecular weight excluding hydrogens is 194 g/mol. The molecule has 0 radical (unpaired) electrons. The third kappa shape index (κ3) is 0.943. The molecule has 0 spiro atoms. The van der Waals surface area contributed by atoms with Gasteiger partial charge in [-0.05, 0) is 18.2 Å². The van der Waals surface area contributed by atoms with E-state index >= 15 is 0 Å². The highest BCUT2D eigenvalue weighted by Gasteiger charge is 2.04. The number of hydrogen-bond donors (Lipinski definition) is 1. The van der Waals surface area contributed by atoms with Gasteiger partial charge in [0.15, 0.2) is 4.96 Å². The third-order valence-electron chi connectivity index (χ3n) is 2.32. The molecule has 0 aliphatic heterocycles. The van der Waals surface area contributed by atoms with Gasteiger partial charge in [0.05, 0.1) is 10.2 Å². The van der Waals surface area contributed by atoms with E-state index in [9.17, 15) is 0 Å². The summed E-state index contributed by atoms with van der Waals surface area (Å²) in [6.45, 7) is 0. The Morgan fingerprint density at radius 1 is 1.43 bits per heavy atom. The van der Waals surface area contributed by atoms with E-state index in [1.54, 1.807) is 11.3 Å². The number of hydrogen-bond acceptors (Lipinski definition) is 3. The predicted octanol–water partition coefficient (Wildman–Crippen LogP) is 2.59. The maximum Gasteiger partial charge on any atom is 0.194 e. The molecule has 0 saturated carbocycles. The molecule has 1 aromatic carbocycles. The lowest BCUT2D eigenvalue weighted by molar-refractivity contribution is 1.30. The van der Waals surface area contributed by atoms with Crippen molar-refractivity contribution in [2.24, 2.45) is 0 Å². The van der Waals surface area contributed by atoms with Crippen molar-refractivity contribution < 1.29 is 0 Å². The number of rotatable bonds is 1. The van der Waals surface area contributed by atoms with Gasteiger partial charge in [0.25, 0.3) is 0 Å². The molecular formula is C10H9N3S. The molecule has 70 valence electrons. The minimum absolute atomic E-state index is 1.05. The van der Waals surface area contributed by atoms with Crippen molar-refractivity contribution in [1.29, 1.82) is 0 Å². The summed E-state index contributed by atoms with van der Waals surface area (Å²) < 4.78 is 3.37. The van der Waals surface area contributed by atoms with Crippen molar-refractivity contribution >= 4 is 32.2 Å². The minimum Gasteiger partial charge on any atom is -0.388 e. The number of anilines is 1. The van der Waals surface area contributed by atoms with Crippen molar-refractivity contribution in [2.45, 2.75) is 0 Å². The summed E-state index contributed by atoms with van der Waals surface area (Å²) in [5, 5.41) is 3.13. The summed E-state index contributed by atoms with van der Waals surface area (Å²) in [5.41, 5.74) is 2.36. The number of imidazole rings is 1. The molecule has 0 saturated heterocycles. The second-order valence-corrected chi connectivity index (χ2v) is 4.12. The maximum atomic E-state index is 4.27. The van der Waals surface area contributed by atoms with E-state index in [0.29, 0.717) is 0 Å². The molecule has 0 bridgehead atoms. The van der Waals surface area contributed by atoms with Crippen LogP contribution in [0.4, 0.5) is 5.69 Å². The Hall–Kier alpha value is -1.55. The van der Waals surface area contributed by atoms with Crippen LogP contribution in [0.3, 0.4) is 0 Å². The third-order valence-corrected chi connectivity index (χ3v) is 3.35. The van der Waals surface area contributed by atoms with E-state index in [1.807, 2.05) is 19.4 Å². The number of nitrogens with zero attached hydrogens (tertiary/aromatic N) is 2. The lowest BCUT2D eigenvalue weighted by atomic mass is 10.3. The average Bonchev–Trinajstić information content (AvgIpc) is 2.75. The molecule has 0 aliphatic rings. The number of thiazole rings is 1. The number of fused-ring (bicyclic) bond motifs is 3. The first-order chi connectivity index (χ1) is 6.88. The molecule has 3 nitrogen and oxygen atoms in total. The van der Waals surface area contributed by atoms with E-state index in [2.05, 4.69) is 32.9 Å². The zero-order chi connectivity index (χ0) is 9.54. The highest BCUT2D eigenvalue weighted by atomic mass is 32.1. The summed E-state index contributed by atoms with van der Waals surface area (Å²) in [5.74, 6) is 0. The fourth-order valence-electron chi connectivity index (χ4n) is 1.60. The van der Waals surface area contributed by atoms with Crippen molar-refractivity contribution in [3.63, 3.8) is 0 Å². The largest absolute Gasteiger partial charge is 0.388 e. The van der Waals surface area contributed by atoms with Crippen LogP contribution in [0, 0.1) is 0 Å². The molecule has 0 amide bonds. The predicted molar refractivity (Wildman–Crippen MR) is 60.1 cm³/mol. The van der Waals surface area contributed by atoms with Crippen LogP contribution >= 0.6 is 11.3 Å². The van der Waals surface area contributed by atoms with Gasteiger partial charge in [-0.25, -0.2) is 4.98 Å². The van der Waals surface area contributed by atoms with Gasteiger partial charge < -0.3 is 5.32 Å². The summed E-state index contributed by atoms with van der Waals surface area (Å²) >= 11 is 1.71. The molecule has 14 heavy (non-hydrogen) atoms. The number of benzene rings is 1. The first-order valence-electron chi connectivity index (χ1n) is 4.42. The van der Waals surface area contributed by atoms with Gasteiger partial charge in [0.1, 0.15) is 0 Å². The maximum absolute atomic E-state index is 4.27. The topological polar surface area (TPSA) is 29.3 Å². The second-order valence-electron chi connectivity index (χ2n) is 3.11. The Kier molecular flexibility index (Phi) is 1.52. The van der Waals surface area contributed by atoms with Crippen LogP contribution in [0.5, 0.6) is 0 Å². The molecule has 3 rings (SSSR count). The van der Waals surface area contributed by atoms with Gasteiger partial charge in [-0.3, -0.25) is 4.40 Å². The molecule has 4 heteroatoms. The summed E-state index contributed by atoms with van der Waals surface area (Å²) in [4.78, 5) is 5.32. The van der Waals surface area contributed by atoms with E-state index in [0.717, 1.165) is 10.6 Å². The minimum atomic E-state index is 1.05. The first-order valence-corrected chi connectivity index (χ1v) is 5.23. The van der Waals surface area contributed by atoms with Gasteiger partial charge in [-0.2, -0.15) is 0 Å². The first kappa shape index (κ1) is 7.82. The number of nitrogens with one attached hydrogen (secondary N) is 1. The van der Waals surface area contributed by atoms with Crippen molar-refractivity contribution in [3.05, 3.63) is 30.6 Å². The Labute approximate surface area is 85.0 Å². The molecule has 0 atom stereocenters. The van der Waals surface area contributed by atoms with Crippen LogP contribution in [0.25, 0.3) is 15.2 Å². The molecule has 0 unspecified atom stereocenters. The van der Waals surface area contributed by atoms with Crippen molar-refractivity contribution in [2.75, 3.05) is 12.4 Å². The Morgan fingerprint density at radius 2 is 2.36 bits per heavy atom. The monoisotopic (exact) mass is 203 g/mol. The lowest BCUT2D eigenvalue weighted by Gasteiger charge is -1.98. The van der Waals surface area contributed by atoms with Crippen LogP contribution in [0.1, 0.15) is 0 Å². The highest BCUT2D eigenvalue weighted by molar-refractivity contribution is 7.23. The zero-order valence-electron chi connectivity index (χ0n) is 7.69.